The van der Waals surface area contributed by atoms with Gasteiger partial charge in [0.1, 0.15) is 10.7 Å². The molecular weight excluding hydrogens is 306 g/mol. The van der Waals surface area contributed by atoms with E-state index in [0.717, 1.165) is 10.6 Å². The van der Waals surface area contributed by atoms with Crippen molar-refractivity contribution in [2.45, 2.75) is 18.9 Å². The lowest BCUT2D eigenvalue weighted by Gasteiger charge is -2.10. The number of hydrogen-bond donors (Lipinski definition) is 2. The Morgan fingerprint density at radius 1 is 1.48 bits per heavy atom. The summed E-state index contributed by atoms with van der Waals surface area (Å²) in [6.07, 6.45) is 2.34. The summed E-state index contributed by atoms with van der Waals surface area (Å²) in [7, 11) is 0. The molecular formula is C15H16ClN3OS. The van der Waals surface area contributed by atoms with Gasteiger partial charge in [0.2, 0.25) is 0 Å². The molecule has 3 rings (SSSR count). The van der Waals surface area contributed by atoms with Crippen LogP contribution in [0.25, 0.3) is 10.6 Å². The number of thiazole rings is 1. The zero-order valence-electron chi connectivity index (χ0n) is 11.4. The van der Waals surface area contributed by atoms with Crippen molar-refractivity contribution in [2.24, 2.45) is 11.7 Å². The molecule has 0 bridgehead atoms. The number of nitrogens with two attached hydrogens (primary N) is 1. The Morgan fingerprint density at radius 3 is 2.95 bits per heavy atom. The third-order valence-electron chi connectivity index (χ3n) is 3.57. The fourth-order valence-electron chi connectivity index (χ4n) is 2.13. The lowest BCUT2D eigenvalue weighted by molar-refractivity contribution is 0.0946. The first-order valence-corrected chi connectivity index (χ1v) is 8.15. The van der Waals surface area contributed by atoms with Gasteiger partial charge in [0, 0.05) is 23.5 Å². The predicted octanol–water partition coefficient (Wildman–Crippen LogP) is 2.93. The van der Waals surface area contributed by atoms with Crippen LogP contribution in [0.2, 0.25) is 5.02 Å². The van der Waals surface area contributed by atoms with Gasteiger partial charge >= 0.3 is 0 Å². The molecule has 1 aliphatic rings. The molecule has 21 heavy (non-hydrogen) atoms. The summed E-state index contributed by atoms with van der Waals surface area (Å²) < 4.78 is 0. The Kier molecular flexibility index (Phi) is 4.24. The van der Waals surface area contributed by atoms with Crippen molar-refractivity contribution in [3.63, 3.8) is 0 Å². The maximum Gasteiger partial charge on any atom is 0.270 e. The summed E-state index contributed by atoms with van der Waals surface area (Å²) in [6, 6.07) is 7.53. The van der Waals surface area contributed by atoms with Crippen LogP contribution in [0.3, 0.4) is 0 Å². The van der Waals surface area contributed by atoms with Gasteiger partial charge in [0.25, 0.3) is 5.91 Å². The van der Waals surface area contributed by atoms with Gasteiger partial charge in [0.15, 0.2) is 0 Å². The topological polar surface area (TPSA) is 68.0 Å². The highest BCUT2D eigenvalue weighted by Gasteiger charge is 2.28. The van der Waals surface area contributed by atoms with Gasteiger partial charge in [-0.3, -0.25) is 4.79 Å². The van der Waals surface area contributed by atoms with E-state index in [2.05, 4.69) is 10.3 Å². The van der Waals surface area contributed by atoms with Crippen LogP contribution >= 0.6 is 22.9 Å². The number of hydrogen-bond acceptors (Lipinski definition) is 4. The number of carbonyl (C=O) groups excluding carboxylic acids is 1. The van der Waals surface area contributed by atoms with Gasteiger partial charge in [-0.25, -0.2) is 4.98 Å². The van der Waals surface area contributed by atoms with Crippen LogP contribution in [0, 0.1) is 5.92 Å². The lowest BCUT2D eigenvalue weighted by atomic mass is 10.2. The van der Waals surface area contributed by atoms with Gasteiger partial charge in [-0.15, -0.1) is 11.3 Å². The quantitative estimate of drug-likeness (QED) is 0.889. The van der Waals surface area contributed by atoms with Crippen molar-refractivity contribution >= 4 is 28.8 Å². The first kappa shape index (κ1) is 14.5. The average Bonchev–Trinajstić information content (AvgIpc) is 3.23. The van der Waals surface area contributed by atoms with Crippen molar-refractivity contribution in [2.75, 3.05) is 6.54 Å². The highest BCUT2D eigenvalue weighted by Crippen LogP contribution is 2.31. The van der Waals surface area contributed by atoms with Crippen LogP contribution in [0.4, 0.5) is 0 Å². The summed E-state index contributed by atoms with van der Waals surface area (Å²) in [6.45, 7) is 0.502. The van der Waals surface area contributed by atoms with Crippen molar-refractivity contribution < 1.29 is 4.79 Å². The van der Waals surface area contributed by atoms with E-state index in [1.165, 1.54) is 24.2 Å². The average molecular weight is 322 g/mol. The summed E-state index contributed by atoms with van der Waals surface area (Å²) in [5.41, 5.74) is 7.23. The Hall–Kier alpha value is -1.43. The van der Waals surface area contributed by atoms with E-state index in [-0.39, 0.29) is 11.9 Å². The molecule has 0 aliphatic heterocycles. The molecule has 0 saturated heterocycles. The monoisotopic (exact) mass is 321 g/mol. The second-order valence-corrected chi connectivity index (χ2v) is 6.49. The molecule has 110 valence electrons. The van der Waals surface area contributed by atoms with Crippen molar-refractivity contribution in [3.8, 4) is 10.6 Å². The minimum absolute atomic E-state index is 0.0515. The summed E-state index contributed by atoms with van der Waals surface area (Å²) in [5, 5.41) is 5.97. The molecule has 1 heterocycles. The van der Waals surface area contributed by atoms with Crippen molar-refractivity contribution in [1.29, 1.82) is 0 Å². The zero-order valence-corrected chi connectivity index (χ0v) is 13.0. The molecule has 6 heteroatoms. The minimum Gasteiger partial charge on any atom is -0.349 e. The van der Waals surface area contributed by atoms with Gasteiger partial charge < -0.3 is 11.1 Å². The molecule has 0 radical (unpaired) electrons. The van der Waals surface area contributed by atoms with E-state index in [9.17, 15) is 4.79 Å². The summed E-state index contributed by atoms with van der Waals surface area (Å²) in [5.74, 6) is 0.389. The second-order valence-electron chi connectivity index (χ2n) is 5.23. The molecule has 1 aromatic carbocycles. The standard InChI is InChI=1S/C15H16ClN3OS/c16-11-4-2-1-3-10(11)15-19-13(8-21-15)14(20)18-7-12(17)9-5-6-9/h1-4,8-9,12H,5-7,17H2,(H,18,20). The molecule has 1 saturated carbocycles. The van der Waals surface area contributed by atoms with E-state index < -0.39 is 0 Å². The van der Waals surface area contributed by atoms with Crippen LogP contribution in [-0.4, -0.2) is 23.5 Å². The first-order valence-electron chi connectivity index (χ1n) is 6.89. The normalized spacial score (nSPS) is 15.7. The molecule has 1 aromatic heterocycles. The molecule has 4 nitrogen and oxygen atoms in total. The number of halogens is 1. The lowest BCUT2D eigenvalue weighted by Crippen LogP contribution is -2.38. The molecule has 1 fully saturated rings. The molecule has 1 amide bonds. The highest BCUT2D eigenvalue weighted by molar-refractivity contribution is 7.13. The largest absolute Gasteiger partial charge is 0.349 e. The van der Waals surface area contributed by atoms with E-state index in [0.29, 0.717) is 23.2 Å². The van der Waals surface area contributed by atoms with Gasteiger partial charge in [-0.2, -0.15) is 0 Å². The molecule has 2 aromatic rings. The van der Waals surface area contributed by atoms with Crippen LogP contribution in [-0.2, 0) is 0 Å². The number of amides is 1. The van der Waals surface area contributed by atoms with Crippen LogP contribution < -0.4 is 11.1 Å². The predicted molar refractivity (Wildman–Crippen MR) is 85.6 cm³/mol. The Labute approximate surface area is 132 Å². The molecule has 1 aliphatic carbocycles. The Balaban J connectivity index is 1.66. The number of rotatable bonds is 5. The number of carbonyl (C=O) groups is 1. The van der Waals surface area contributed by atoms with E-state index >= 15 is 0 Å². The second kappa shape index (κ2) is 6.13. The van der Waals surface area contributed by atoms with Crippen LogP contribution in [0.5, 0.6) is 0 Å². The zero-order chi connectivity index (χ0) is 14.8. The maximum atomic E-state index is 12.1. The Morgan fingerprint density at radius 2 is 2.24 bits per heavy atom. The first-order chi connectivity index (χ1) is 10.1. The van der Waals surface area contributed by atoms with Gasteiger partial charge in [-0.1, -0.05) is 29.8 Å². The van der Waals surface area contributed by atoms with E-state index in [4.69, 9.17) is 17.3 Å². The van der Waals surface area contributed by atoms with Crippen molar-refractivity contribution in [1.82, 2.24) is 10.3 Å². The van der Waals surface area contributed by atoms with Crippen LogP contribution in [0.15, 0.2) is 29.6 Å². The van der Waals surface area contributed by atoms with Gasteiger partial charge in [-0.05, 0) is 24.8 Å². The fraction of sp³-hybridized carbons (Fsp3) is 0.333. The van der Waals surface area contributed by atoms with Gasteiger partial charge in [0.05, 0.1) is 5.02 Å². The molecule has 3 N–H and O–H groups in total. The summed E-state index contributed by atoms with van der Waals surface area (Å²) in [4.78, 5) is 16.4. The van der Waals surface area contributed by atoms with Crippen molar-refractivity contribution in [3.05, 3.63) is 40.4 Å². The third-order valence-corrected chi connectivity index (χ3v) is 4.77. The highest BCUT2D eigenvalue weighted by atomic mass is 35.5. The maximum absolute atomic E-state index is 12.1. The number of benzene rings is 1. The molecule has 1 unspecified atom stereocenters. The fourth-order valence-corrected chi connectivity index (χ4v) is 3.25. The summed E-state index contributed by atoms with van der Waals surface area (Å²) >= 11 is 7.55. The van der Waals surface area contributed by atoms with Crippen LogP contribution in [0.1, 0.15) is 23.3 Å². The van der Waals surface area contributed by atoms with E-state index in [1.807, 2.05) is 24.3 Å². The Bertz CT molecular complexity index is 654. The molecule has 0 spiro atoms. The number of aromatic nitrogens is 1. The van der Waals surface area contributed by atoms with E-state index in [1.54, 1.807) is 5.38 Å². The third kappa shape index (κ3) is 3.43. The number of nitrogens with zero attached hydrogens (tertiary/aromatic N) is 1. The minimum atomic E-state index is -0.180. The SMILES string of the molecule is NC(CNC(=O)c1csc(-c2ccccc2Cl)n1)C1CC1. The smallest absolute Gasteiger partial charge is 0.270 e. The molecule has 1 atom stereocenters. The number of nitrogens with one attached hydrogen (secondary N) is 1.